The third-order valence-corrected chi connectivity index (χ3v) is 3.50. The van der Waals surface area contributed by atoms with Crippen molar-refractivity contribution in [2.45, 2.75) is 18.2 Å². The summed E-state index contributed by atoms with van der Waals surface area (Å²) in [5.41, 5.74) is -0.663. The van der Waals surface area contributed by atoms with Gasteiger partial charge in [-0.25, -0.2) is 22.3 Å². The van der Waals surface area contributed by atoms with Crippen molar-refractivity contribution in [3.8, 4) is 0 Å². The highest BCUT2D eigenvalue weighted by molar-refractivity contribution is 7.89. The minimum atomic E-state index is -4.00. The second kappa shape index (κ2) is 5.24. The van der Waals surface area contributed by atoms with Crippen LogP contribution in [0.25, 0.3) is 0 Å². The molecule has 1 aromatic carbocycles. The van der Waals surface area contributed by atoms with Crippen LogP contribution in [-0.2, 0) is 10.0 Å². The standard InChI is InChI=1S/C10H12FNO4S/c1-2-6-12-17(15,16)8-5-3-4-7(9(8)11)10(13)14/h3-5,12H,2,6H2,1H3,(H,13,14). The lowest BCUT2D eigenvalue weighted by Gasteiger charge is -2.07. The van der Waals surface area contributed by atoms with Gasteiger partial charge in [0.25, 0.3) is 0 Å². The summed E-state index contributed by atoms with van der Waals surface area (Å²) in [5, 5.41) is 8.68. The van der Waals surface area contributed by atoms with Gasteiger partial charge in [-0.3, -0.25) is 0 Å². The minimum absolute atomic E-state index is 0.166. The van der Waals surface area contributed by atoms with E-state index in [1.165, 1.54) is 6.07 Å². The van der Waals surface area contributed by atoms with Crippen LogP contribution in [-0.4, -0.2) is 26.0 Å². The molecule has 94 valence electrons. The average molecular weight is 261 g/mol. The van der Waals surface area contributed by atoms with Gasteiger partial charge in [0.2, 0.25) is 10.0 Å². The summed E-state index contributed by atoms with van der Waals surface area (Å²) in [4.78, 5) is 10.0. The number of sulfonamides is 1. The molecule has 0 atom stereocenters. The van der Waals surface area contributed by atoms with Crippen LogP contribution in [0.5, 0.6) is 0 Å². The summed E-state index contributed by atoms with van der Waals surface area (Å²) in [6.45, 7) is 1.92. The summed E-state index contributed by atoms with van der Waals surface area (Å²) in [5.74, 6) is -2.75. The van der Waals surface area contributed by atoms with Crippen molar-refractivity contribution < 1.29 is 22.7 Å². The normalized spacial score (nSPS) is 11.4. The Hall–Kier alpha value is -1.47. The molecule has 1 rings (SSSR count). The molecular formula is C10H12FNO4S. The summed E-state index contributed by atoms with van der Waals surface area (Å²) in [6.07, 6.45) is 0.555. The molecule has 0 radical (unpaired) electrons. The van der Waals surface area contributed by atoms with Crippen LogP contribution >= 0.6 is 0 Å². The Labute approximate surface area is 98.3 Å². The molecule has 0 fully saturated rings. The summed E-state index contributed by atoms with van der Waals surface area (Å²) < 4.78 is 39.1. The summed E-state index contributed by atoms with van der Waals surface area (Å²) in [6, 6.07) is 3.23. The van der Waals surface area contributed by atoms with Crippen LogP contribution in [0.15, 0.2) is 23.1 Å². The molecule has 0 saturated heterocycles. The van der Waals surface area contributed by atoms with Crippen LogP contribution in [0.3, 0.4) is 0 Å². The third kappa shape index (κ3) is 3.01. The van der Waals surface area contributed by atoms with E-state index >= 15 is 0 Å². The highest BCUT2D eigenvalue weighted by atomic mass is 32.2. The van der Waals surface area contributed by atoms with E-state index in [9.17, 15) is 17.6 Å². The largest absolute Gasteiger partial charge is 0.478 e. The molecule has 2 N–H and O–H groups in total. The number of benzene rings is 1. The molecule has 5 nitrogen and oxygen atoms in total. The second-order valence-corrected chi connectivity index (χ2v) is 5.06. The number of carbonyl (C=O) groups is 1. The molecule has 0 aromatic heterocycles. The smallest absolute Gasteiger partial charge is 0.338 e. The zero-order valence-electron chi connectivity index (χ0n) is 9.10. The Morgan fingerprint density at radius 1 is 1.47 bits per heavy atom. The first-order chi connectivity index (χ1) is 7.90. The van der Waals surface area contributed by atoms with Gasteiger partial charge >= 0.3 is 5.97 Å². The fourth-order valence-corrected chi connectivity index (χ4v) is 2.43. The first-order valence-corrected chi connectivity index (χ1v) is 6.40. The van der Waals surface area contributed by atoms with Gasteiger partial charge in [-0.1, -0.05) is 13.0 Å². The monoisotopic (exact) mass is 261 g/mol. The van der Waals surface area contributed by atoms with Gasteiger partial charge in [0, 0.05) is 6.54 Å². The highest BCUT2D eigenvalue weighted by Crippen LogP contribution is 2.17. The van der Waals surface area contributed by atoms with E-state index in [1.807, 2.05) is 0 Å². The van der Waals surface area contributed by atoms with E-state index < -0.39 is 32.3 Å². The van der Waals surface area contributed by atoms with E-state index in [0.29, 0.717) is 6.42 Å². The van der Waals surface area contributed by atoms with Gasteiger partial charge in [-0.2, -0.15) is 0 Å². The molecule has 17 heavy (non-hydrogen) atoms. The van der Waals surface area contributed by atoms with Crippen LogP contribution in [0.4, 0.5) is 4.39 Å². The summed E-state index contributed by atoms with van der Waals surface area (Å²) in [7, 11) is -4.00. The van der Waals surface area contributed by atoms with Gasteiger partial charge in [-0.15, -0.1) is 0 Å². The Bertz CT molecular complexity index is 527. The molecule has 0 unspecified atom stereocenters. The minimum Gasteiger partial charge on any atom is -0.478 e. The quantitative estimate of drug-likeness (QED) is 0.834. The molecule has 0 heterocycles. The molecule has 0 bridgehead atoms. The van der Waals surface area contributed by atoms with Gasteiger partial charge in [-0.05, 0) is 18.6 Å². The van der Waals surface area contributed by atoms with Crippen molar-refractivity contribution in [2.75, 3.05) is 6.54 Å². The highest BCUT2D eigenvalue weighted by Gasteiger charge is 2.22. The molecule has 0 aliphatic carbocycles. The first-order valence-electron chi connectivity index (χ1n) is 4.91. The molecule has 0 aliphatic heterocycles. The molecule has 0 spiro atoms. The zero-order chi connectivity index (χ0) is 13.1. The average Bonchev–Trinajstić information content (AvgIpc) is 2.26. The van der Waals surface area contributed by atoms with E-state index in [2.05, 4.69) is 4.72 Å². The zero-order valence-corrected chi connectivity index (χ0v) is 9.92. The lowest BCUT2D eigenvalue weighted by Crippen LogP contribution is -2.25. The van der Waals surface area contributed by atoms with E-state index in [0.717, 1.165) is 12.1 Å². The Kier molecular flexibility index (Phi) is 4.19. The predicted octanol–water partition coefficient (Wildman–Crippen LogP) is 1.21. The number of hydrogen-bond donors (Lipinski definition) is 2. The van der Waals surface area contributed by atoms with Gasteiger partial charge < -0.3 is 5.11 Å². The number of carboxylic acids is 1. The van der Waals surface area contributed by atoms with Crippen LogP contribution in [0, 0.1) is 5.82 Å². The van der Waals surface area contributed by atoms with Gasteiger partial charge in [0.05, 0.1) is 5.56 Å². The second-order valence-electron chi connectivity index (χ2n) is 3.32. The number of aromatic carboxylic acids is 1. The van der Waals surface area contributed by atoms with Crippen molar-refractivity contribution in [3.63, 3.8) is 0 Å². The van der Waals surface area contributed by atoms with Crippen LogP contribution in [0.2, 0.25) is 0 Å². The fraction of sp³-hybridized carbons (Fsp3) is 0.300. The topological polar surface area (TPSA) is 83.5 Å². The van der Waals surface area contributed by atoms with Crippen molar-refractivity contribution in [1.82, 2.24) is 4.72 Å². The van der Waals surface area contributed by atoms with Gasteiger partial charge in [0.15, 0.2) is 5.82 Å². The van der Waals surface area contributed by atoms with Crippen molar-refractivity contribution >= 4 is 16.0 Å². The lowest BCUT2D eigenvalue weighted by atomic mass is 10.2. The molecule has 0 saturated carbocycles. The number of rotatable bonds is 5. The van der Waals surface area contributed by atoms with Gasteiger partial charge in [0.1, 0.15) is 4.90 Å². The maximum absolute atomic E-state index is 13.6. The number of halogens is 1. The van der Waals surface area contributed by atoms with E-state index in [4.69, 9.17) is 5.11 Å². The van der Waals surface area contributed by atoms with Crippen molar-refractivity contribution in [3.05, 3.63) is 29.6 Å². The molecular weight excluding hydrogens is 249 g/mol. The maximum Gasteiger partial charge on any atom is 0.338 e. The molecule has 1 aromatic rings. The number of hydrogen-bond acceptors (Lipinski definition) is 3. The molecule has 7 heteroatoms. The molecule has 0 amide bonds. The fourth-order valence-electron chi connectivity index (χ4n) is 1.20. The van der Waals surface area contributed by atoms with E-state index in [-0.39, 0.29) is 6.54 Å². The first kappa shape index (κ1) is 13.6. The van der Waals surface area contributed by atoms with Crippen LogP contribution < -0.4 is 4.72 Å². The summed E-state index contributed by atoms with van der Waals surface area (Å²) >= 11 is 0. The Morgan fingerprint density at radius 3 is 2.65 bits per heavy atom. The SMILES string of the molecule is CCCNS(=O)(=O)c1cccc(C(=O)O)c1F. The third-order valence-electron chi connectivity index (χ3n) is 2.03. The van der Waals surface area contributed by atoms with Crippen molar-refractivity contribution in [1.29, 1.82) is 0 Å². The molecule has 0 aliphatic rings. The van der Waals surface area contributed by atoms with Crippen molar-refractivity contribution in [2.24, 2.45) is 0 Å². The predicted molar refractivity (Wildman–Crippen MR) is 58.8 cm³/mol. The Balaban J connectivity index is 3.24. The van der Waals surface area contributed by atoms with E-state index in [1.54, 1.807) is 6.92 Å². The maximum atomic E-state index is 13.6. The number of carboxylic acid groups (broad SMARTS) is 1. The number of nitrogens with one attached hydrogen (secondary N) is 1. The lowest BCUT2D eigenvalue weighted by molar-refractivity contribution is 0.0691. The Morgan fingerprint density at radius 2 is 2.12 bits per heavy atom. The van der Waals surface area contributed by atoms with Crippen LogP contribution in [0.1, 0.15) is 23.7 Å².